The van der Waals surface area contributed by atoms with E-state index in [9.17, 15) is 4.79 Å². The first kappa shape index (κ1) is 11.0. The van der Waals surface area contributed by atoms with Crippen molar-refractivity contribution in [3.05, 3.63) is 41.6 Å². The summed E-state index contributed by atoms with van der Waals surface area (Å²) in [6.07, 6.45) is 3.33. The predicted molar refractivity (Wildman–Crippen MR) is 63.9 cm³/mol. The highest BCUT2D eigenvalue weighted by Gasteiger charge is 2.09. The van der Waals surface area contributed by atoms with E-state index < -0.39 is 5.97 Å². The summed E-state index contributed by atoms with van der Waals surface area (Å²) >= 11 is 0. The summed E-state index contributed by atoms with van der Waals surface area (Å²) in [5.74, 6) is -0.629. The van der Waals surface area contributed by atoms with Crippen LogP contribution in [0.5, 0.6) is 0 Å². The third-order valence-corrected chi connectivity index (χ3v) is 2.45. The second-order valence-electron chi connectivity index (χ2n) is 3.45. The molecule has 1 aromatic carbocycles. The van der Waals surface area contributed by atoms with E-state index in [0.717, 1.165) is 16.5 Å². The molecule has 4 nitrogen and oxygen atoms in total. The molecule has 1 aromatic heterocycles. The third-order valence-electron chi connectivity index (χ3n) is 2.45. The van der Waals surface area contributed by atoms with Gasteiger partial charge in [-0.1, -0.05) is 18.2 Å². The average Bonchev–Trinajstić information content (AvgIpc) is 2.83. The summed E-state index contributed by atoms with van der Waals surface area (Å²) in [5, 5.41) is 9.91. The number of esters is 1. The zero-order valence-corrected chi connectivity index (χ0v) is 9.23. The van der Waals surface area contributed by atoms with Crippen molar-refractivity contribution < 1.29 is 9.53 Å². The molecule has 0 aliphatic carbocycles. The molecule has 0 saturated carbocycles. The van der Waals surface area contributed by atoms with Gasteiger partial charge in [0.05, 0.1) is 12.6 Å². The number of carbonyl (C=O) groups excluding carboxylic acids is 1. The van der Waals surface area contributed by atoms with Gasteiger partial charge in [-0.05, 0) is 17.5 Å². The number of hydrogen-bond donors (Lipinski definition) is 1. The summed E-state index contributed by atoms with van der Waals surface area (Å²) in [7, 11) is 1.25. The van der Waals surface area contributed by atoms with Crippen LogP contribution < -0.4 is 0 Å². The SMILES string of the molecule is COC(=O)C(C#N)=Cc1cccc2cc[nH]c12. The van der Waals surface area contributed by atoms with E-state index in [1.54, 1.807) is 0 Å². The van der Waals surface area contributed by atoms with Gasteiger partial charge < -0.3 is 9.72 Å². The maximum atomic E-state index is 11.3. The van der Waals surface area contributed by atoms with E-state index in [1.807, 2.05) is 36.5 Å². The Morgan fingerprint density at radius 3 is 3.00 bits per heavy atom. The fourth-order valence-corrected chi connectivity index (χ4v) is 1.63. The highest BCUT2D eigenvalue weighted by atomic mass is 16.5. The number of methoxy groups -OCH3 is 1. The molecular weight excluding hydrogens is 216 g/mol. The van der Waals surface area contributed by atoms with Crippen LogP contribution in [-0.4, -0.2) is 18.1 Å². The molecule has 0 unspecified atom stereocenters. The number of para-hydroxylation sites is 1. The number of aromatic amines is 1. The zero-order valence-electron chi connectivity index (χ0n) is 9.23. The lowest BCUT2D eigenvalue weighted by molar-refractivity contribution is -0.135. The van der Waals surface area contributed by atoms with Crippen LogP contribution >= 0.6 is 0 Å². The van der Waals surface area contributed by atoms with Crippen molar-refractivity contribution in [1.82, 2.24) is 4.98 Å². The summed E-state index contributed by atoms with van der Waals surface area (Å²) in [4.78, 5) is 14.4. The summed E-state index contributed by atoms with van der Waals surface area (Å²) in [6.45, 7) is 0. The van der Waals surface area contributed by atoms with Gasteiger partial charge in [0, 0.05) is 11.8 Å². The third kappa shape index (κ3) is 2.04. The van der Waals surface area contributed by atoms with Crippen LogP contribution in [0, 0.1) is 11.3 Å². The van der Waals surface area contributed by atoms with Crippen molar-refractivity contribution in [3.63, 3.8) is 0 Å². The highest BCUT2D eigenvalue weighted by molar-refractivity contribution is 6.00. The Bertz CT molecular complexity index is 632. The molecule has 2 aromatic rings. The number of ether oxygens (including phenoxy) is 1. The normalized spacial score (nSPS) is 11.2. The van der Waals surface area contributed by atoms with Gasteiger partial charge in [-0.2, -0.15) is 5.26 Å². The number of benzene rings is 1. The Morgan fingerprint density at radius 2 is 2.29 bits per heavy atom. The predicted octanol–water partition coefficient (Wildman–Crippen LogP) is 2.25. The molecule has 0 aliphatic heterocycles. The molecule has 1 N–H and O–H groups in total. The van der Waals surface area contributed by atoms with Crippen molar-refractivity contribution in [1.29, 1.82) is 5.26 Å². The van der Waals surface area contributed by atoms with Crippen LogP contribution in [0.1, 0.15) is 5.56 Å². The van der Waals surface area contributed by atoms with Gasteiger partial charge in [0.25, 0.3) is 0 Å². The molecule has 4 heteroatoms. The number of nitrogens with zero attached hydrogens (tertiary/aromatic N) is 1. The molecule has 84 valence electrons. The van der Waals surface area contributed by atoms with Crippen LogP contribution in [0.25, 0.3) is 17.0 Å². The molecule has 0 spiro atoms. The van der Waals surface area contributed by atoms with Gasteiger partial charge >= 0.3 is 5.97 Å². The molecule has 0 fully saturated rings. The van der Waals surface area contributed by atoms with Gasteiger partial charge in [0.1, 0.15) is 11.6 Å². The average molecular weight is 226 g/mol. The summed E-state index contributed by atoms with van der Waals surface area (Å²) in [5.41, 5.74) is 1.66. The largest absolute Gasteiger partial charge is 0.465 e. The first-order chi connectivity index (χ1) is 8.26. The lowest BCUT2D eigenvalue weighted by Gasteiger charge is -1.99. The van der Waals surface area contributed by atoms with Crippen LogP contribution in [0.3, 0.4) is 0 Å². The number of hydrogen-bond acceptors (Lipinski definition) is 3. The minimum Gasteiger partial charge on any atom is -0.465 e. The molecule has 0 radical (unpaired) electrons. The van der Waals surface area contributed by atoms with Gasteiger partial charge in [0.2, 0.25) is 0 Å². The fourth-order valence-electron chi connectivity index (χ4n) is 1.63. The quantitative estimate of drug-likeness (QED) is 0.485. The Kier molecular flexibility index (Phi) is 2.93. The molecule has 2 rings (SSSR count). The van der Waals surface area contributed by atoms with Crippen LogP contribution in [0.4, 0.5) is 0 Å². The topological polar surface area (TPSA) is 65.9 Å². The van der Waals surface area contributed by atoms with E-state index in [0.29, 0.717) is 0 Å². The smallest absolute Gasteiger partial charge is 0.348 e. The molecule has 0 atom stereocenters. The number of fused-ring (bicyclic) bond motifs is 1. The van der Waals surface area contributed by atoms with Gasteiger partial charge in [-0.25, -0.2) is 4.79 Å². The Balaban J connectivity index is 2.54. The lowest BCUT2D eigenvalue weighted by atomic mass is 10.1. The number of carbonyl (C=O) groups is 1. The second-order valence-corrected chi connectivity index (χ2v) is 3.45. The summed E-state index contributed by atoms with van der Waals surface area (Å²) < 4.78 is 4.53. The molecule has 0 saturated heterocycles. The molecule has 1 heterocycles. The van der Waals surface area contributed by atoms with E-state index in [1.165, 1.54) is 13.2 Å². The van der Waals surface area contributed by atoms with Gasteiger partial charge in [-0.3, -0.25) is 0 Å². The van der Waals surface area contributed by atoms with E-state index in [-0.39, 0.29) is 5.57 Å². The Hall–Kier alpha value is -2.54. The Morgan fingerprint density at radius 1 is 1.47 bits per heavy atom. The molecular formula is C13H10N2O2. The van der Waals surface area contributed by atoms with Crippen molar-refractivity contribution in [2.45, 2.75) is 0 Å². The van der Waals surface area contributed by atoms with Gasteiger partial charge in [-0.15, -0.1) is 0 Å². The van der Waals surface area contributed by atoms with Crippen molar-refractivity contribution in [3.8, 4) is 6.07 Å². The first-order valence-electron chi connectivity index (χ1n) is 5.02. The molecule has 0 amide bonds. The molecule has 17 heavy (non-hydrogen) atoms. The highest BCUT2D eigenvalue weighted by Crippen LogP contribution is 2.19. The minimum atomic E-state index is -0.629. The molecule has 0 bridgehead atoms. The maximum Gasteiger partial charge on any atom is 0.348 e. The number of rotatable bonds is 2. The number of H-pyrrole nitrogens is 1. The van der Waals surface area contributed by atoms with Crippen LogP contribution in [-0.2, 0) is 9.53 Å². The van der Waals surface area contributed by atoms with Crippen molar-refractivity contribution >= 4 is 22.9 Å². The minimum absolute atomic E-state index is 0.0189. The first-order valence-corrected chi connectivity index (χ1v) is 5.02. The zero-order chi connectivity index (χ0) is 12.3. The standard InChI is InChI=1S/C13H10N2O2/c1-17-13(16)11(8-14)7-10-4-2-3-9-5-6-15-12(9)10/h2-7,15H,1H3. The van der Waals surface area contributed by atoms with Gasteiger partial charge in [0.15, 0.2) is 0 Å². The van der Waals surface area contributed by atoms with E-state index >= 15 is 0 Å². The van der Waals surface area contributed by atoms with Crippen molar-refractivity contribution in [2.75, 3.05) is 7.11 Å². The number of nitriles is 1. The number of nitrogens with one attached hydrogen (secondary N) is 1. The lowest BCUT2D eigenvalue weighted by Crippen LogP contribution is -2.02. The number of aromatic nitrogens is 1. The molecule has 0 aliphatic rings. The van der Waals surface area contributed by atoms with E-state index in [4.69, 9.17) is 5.26 Å². The Labute approximate surface area is 98.1 Å². The van der Waals surface area contributed by atoms with Crippen molar-refractivity contribution in [2.24, 2.45) is 0 Å². The monoisotopic (exact) mass is 226 g/mol. The van der Waals surface area contributed by atoms with E-state index in [2.05, 4.69) is 9.72 Å². The van der Waals surface area contributed by atoms with Crippen LogP contribution in [0.15, 0.2) is 36.0 Å². The van der Waals surface area contributed by atoms with Crippen LogP contribution in [0.2, 0.25) is 0 Å². The maximum absolute atomic E-state index is 11.3. The second kappa shape index (κ2) is 4.54. The summed E-state index contributed by atoms with van der Waals surface area (Å²) in [6, 6.07) is 9.41. The fraction of sp³-hybridized carbons (Fsp3) is 0.0769.